The number of hydrogen-bond acceptors (Lipinski definition) is 3. The molecule has 0 aliphatic carbocycles. The van der Waals surface area contributed by atoms with Gasteiger partial charge in [-0.25, -0.2) is 4.79 Å². The van der Waals surface area contributed by atoms with Crippen LogP contribution in [0.3, 0.4) is 0 Å². The van der Waals surface area contributed by atoms with Gasteiger partial charge in [0.25, 0.3) is 0 Å². The van der Waals surface area contributed by atoms with E-state index in [0.29, 0.717) is 37.4 Å². The van der Waals surface area contributed by atoms with Crippen LogP contribution in [0.4, 0.5) is 0 Å². The largest absolute Gasteiger partial charge is 0.492 e. The summed E-state index contributed by atoms with van der Waals surface area (Å²) >= 11 is 0. The summed E-state index contributed by atoms with van der Waals surface area (Å²) in [7, 11) is 0. The highest BCUT2D eigenvalue weighted by molar-refractivity contribution is 5.42. The molecule has 5 nitrogen and oxygen atoms in total. The molecule has 5 heteroatoms. The number of hydrogen-bond donors (Lipinski definition) is 0. The molecule has 0 spiro atoms. The average Bonchev–Trinajstić information content (AvgIpc) is 2.84. The van der Waals surface area contributed by atoms with Gasteiger partial charge in [-0.05, 0) is 25.5 Å². The van der Waals surface area contributed by atoms with Crippen molar-refractivity contribution in [2.24, 2.45) is 0 Å². The van der Waals surface area contributed by atoms with Crippen molar-refractivity contribution in [3.8, 4) is 11.8 Å². The van der Waals surface area contributed by atoms with Gasteiger partial charge < -0.3 is 4.74 Å². The van der Waals surface area contributed by atoms with Crippen molar-refractivity contribution >= 4 is 0 Å². The van der Waals surface area contributed by atoms with Crippen molar-refractivity contribution in [2.45, 2.75) is 26.4 Å². The summed E-state index contributed by atoms with van der Waals surface area (Å²) in [5.74, 6) is 0.591. The van der Waals surface area contributed by atoms with Gasteiger partial charge in [0.05, 0.1) is 12.2 Å². The fraction of sp³-hybridized carbons (Fsp3) is 0.333. The zero-order valence-corrected chi connectivity index (χ0v) is 11.5. The summed E-state index contributed by atoms with van der Waals surface area (Å²) < 4.78 is 8.91. The highest BCUT2D eigenvalue weighted by atomic mass is 16.5. The lowest BCUT2D eigenvalue weighted by molar-refractivity contribution is 0.300. The van der Waals surface area contributed by atoms with Gasteiger partial charge >= 0.3 is 5.69 Å². The van der Waals surface area contributed by atoms with E-state index < -0.39 is 0 Å². The second-order valence-electron chi connectivity index (χ2n) is 4.37. The normalized spacial score (nSPS) is 10.2. The lowest BCUT2D eigenvalue weighted by Gasteiger charge is -2.07. The molecule has 0 N–H and O–H groups in total. The van der Waals surface area contributed by atoms with Crippen LogP contribution in [0, 0.1) is 11.3 Å². The smallest absolute Gasteiger partial charge is 0.328 e. The van der Waals surface area contributed by atoms with Crippen molar-refractivity contribution in [3.63, 3.8) is 0 Å². The monoisotopic (exact) mass is 271 g/mol. The molecule has 0 bridgehead atoms. The first-order valence-electron chi connectivity index (χ1n) is 6.63. The Morgan fingerprint density at radius 2 is 2.00 bits per heavy atom. The number of rotatable bonds is 6. The maximum Gasteiger partial charge on any atom is 0.328 e. The van der Waals surface area contributed by atoms with E-state index in [-0.39, 0.29) is 5.69 Å². The van der Waals surface area contributed by atoms with Crippen LogP contribution in [0.2, 0.25) is 0 Å². The summed E-state index contributed by atoms with van der Waals surface area (Å²) in [6.45, 7) is 3.70. The fourth-order valence-corrected chi connectivity index (χ4v) is 1.97. The molecule has 0 saturated heterocycles. The summed E-state index contributed by atoms with van der Waals surface area (Å²) in [6, 6.07) is 9.23. The summed E-state index contributed by atoms with van der Waals surface area (Å²) in [6.07, 6.45) is 4.29. The third kappa shape index (κ3) is 3.09. The van der Waals surface area contributed by atoms with Crippen molar-refractivity contribution < 1.29 is 4.74 Å². The minimum absolute atomic E-state index is 0.00456. The van der Waals surface area contributed by atoms with Crippen LogP contribution in [0.1, 0.15) is 18.9 Å². The first-order chi connectivity index (χ1) is 9.76. The molecule has 1 heterocycles. The molecule has 0 aliphatic rings. The molecule has 0 radical (unpaired) electrons. The van der Waals surface area contributed by atoms with Crippen LogP contribution in [0.25, 0.3) is 0 Å². The Morgan fingerprint density at radius 3 is 2.70 bits per heavy atom. The topological polar surface area (TPSA) is 59.9 Å². The SMILES string of the molecule is CCn1ccn(CCCOc2ccccc2C#N)c1=O. The van der Waals surface area contributed by atoms with Gasteiger partial charge in [0.1, 0.15) is 11.8 Å². The standard InChI is InChI=1S/C15H17N3O2/c1-2-17-9-10-18(15(17)19)8-5-11-20-14-7-4-3-6-13(14)12-16/h3-4,6-7,9-10H,2,5,8,11H2,1H3. The lowest BCUT2D eigenvalue weighted by atomic mass is 10.2. The van der Waals surface area contributed by atoms with Crippen molar-refractivity contribution in [1.29, 1.82) is 5.26 Å². The molecule has 0 amide bonds. The number of ether oxygens (including phenoxy) is 1. The van der Waals surface area contributed by atoms with Crippen LogP contribution < -0.4 is 10.4 Å². The number of nitrogens with zero attached hydrogens (tertiary/aromatic N) is 3. The minimum Gasteiger partial charge on any atom is -0.492 e. The zero-order valence-electron chi connectivity index (χ0n) is 11.5. The maximum atomic E-state index is 11.8. The first kappa shape index (κ1) is 13.9. The average molecular weight is 271 g/mol. The number of aromatic nitrogens is 2. The summed E-state index contributed by atoms with van der Waals surface area (Å²) in [4.78, 5) is 11.8. The Bertz CT molecular complexity index is 664. The third-order valence-electron chi connectivity index (χ3n) is 3.07. The minimum atomic E-state index is 0.00456. The van der Waals surface area contributed by atoms with Gasteiger partial charge in [-0.2, -0.15) is 5.26 Å². The molecule has 0 aliphatic heterocycles. The Hall–Kier alpha value is -2.48. The second-order valence-corrected chi connectivity index (χ2v) is 4.37. The Labute approximate surface area is 117 Å². The van der Waals surface area contributed by atoms with E-state index in [4.69, 9.17) is 10.00 Å². The number of nitriles is 1. The summed E-state index contributed by atoms with van der Waals surface area (Å²) in [5.41, 5.74) is 0.534. The molecule has 0 unspecified atom stereocenters. The van der Waals surface area contributed by atoms with E-state index in [1.807, 2.05) is 13.0 Å². The van der Waals surface area contributed by atoms with Crippen LogP contribution >= 0.6 is 0 Å². The van der Waals surface area contributed by atoms with E-state index in [0.717, 1.165) is 0 Å². The molecule has 20 heavy (non-hydrogen) atoms. The number of aryl methyl sites for hydroxylation is 2. The van der Waals surface area contributed by atoms with Crippen molar-refractivity contribution in [3.05, 3.63) is 52.7 Å². The molecule has 104 valence electrons. The molecule has 0 saturated carbocycles. The number of para-hydroxylation sites is 1. The van der Waals surface area contributed by atoms with Gasteiger partial charge in [-0.15, -0.1) is 0 Å². The van der Waals surface area contributed by atoms with Gasteiger partial charge in [0, 0.05) is 25.5 Å². The molecule has 2 aromatic rings. The van der Waals surface area contributed by atoms with Gasteiger partial charge in [0.2, 0.25) is 0 Å². The predicted octanol–water partition coefficient (Wildman–Crippen LogP) is 2.01. The van der Waals surface area contributed by atoms with E-state index >= 15 is 0 Å². The van der Waals surface area contributed by atoms with Crippen LogP contribution in [0.5, 0.6) is 5.75 Å². The number of benzene rings is 1. The van der Waals surface area contributed by atoms with Crippen LogP contribution in [-0.4, -0.2) is 15.7 Å². The van der Waals surface area contributed by atoms with E-state index in [1.54, 1.807) is 39.7 Å². The van der Waals surface area contributed by atoms with Gasteiger partial charge in [-0.1, -0.05) is 12.1 Å². The van der Waals surface area contributed by atoms with Crippen molar-refractivity contribution in [1.82, 2.24) is 9.13 Å². The Balaban J connectivity index is 1.86. The van der Waals surface area contributed by atoms with Crippen LogP contribution in [0.15, 0.2) is 41.5 Å². The first-order valence-corrected chi connectivity index (χ1v) is 6.63. The third-order valence-corrected chi connectivity index (χ3v) is 3.07. The van der Waals surface area contributed by atoms with Crippen molar-refractivity contribution in [2.75, 3.05) is 6.61 Å². The summed E-state index contributed by atoms with van der Waals surface area (Å²) in [5, 5.41) is 8.94. The van der Waals surface area contributed by atoms with Gasteiger partial charge in [-0.3, -0.25) is 9.13 Å². The Kier molecular flexibility index (Phi) is 4.61. The molecular formula is C15H17N3O2. The fourth-order valence-electron chi connectivity index (χ4n) is 1.97. The lowest BCUT2D eigenvalue weighted by Crippen LogP contribution is -2.24. The molecule has 0 atom stereocenters. The zero-order chi connectivity index (χ0) is 14.4. The second kappa shape index (κ2) is 6.62. The van der Waals surface area contributed by atoms with E-state index in [1.165, 1.54) is 0 Å². The Morgan fingerprint density at radius 1 is 1.25 bits per heavy atom. The highest BCUT2D eigenvalue weighted by Crippen LogP contribution is 2.16. The van der Waals surface area contributed by atoms with Crippen LogP contribution in [-0.2, 0) is 13.1 Å². The maximum absolute atomic E-state index is 11.8. The molecule has 1 aromatic carbocycles. The van der Waals surface area contributed by atoms with Gasteiger partial charge in [0.15, 0.2) is 0 Å². The molecule has 1 aromatic heterocycles. The number of imidazole rings is 1. The molecule has 2 rings (SSSR count). The molecule has 0 fully saturated rings. The highest BCUT2D eigenvalue weighted by Gasteiger charge is 2.03. The predicted molar refractivity (Wildman–Crippen MR) is 75.6 cm³/mol. The van der Waals surface area contributed by atoms with E-state index in [2.05, 4.69) is 6.07 Å². The quantitative estimate of drug-likeness (QED) is 0.755. The van der Waals surface area contributed by atoms with E-state index in [9.17, 15) is 4.79 Å². The molecular weight excluding hydrogens is 254 g/mol.